The number of amides is 1. The number of ether oxygens (including phenoxy) is 1. The molecule has 0 aliphatic heterocycles. The molecule has 5 nitrogen and oxygen atoms in total. The van der Waals surface area contributed by atoms with Crippen molar-refractivity contribution in [2.45, 2.75) is 45.6 Å². The Hall–Kier alpha value is -1.88. The first kappa shape index (κ1) is 16.5. The van der Waals surface area contributed by atoms with Gasteiger partial charge in [0.1, 0.15) is 0 Å². The van der Waals surface area contributed by atoms with Gasteiger partial charge in [0.25, 0.3) is 0 Å². The van der Waals surface area contributed by atoms with E-state index in [-0.39, 0.29) is 16.9 Å². The monoisotopic (exact) mass is 305 g/mol. The molecule has 1 aliphatic rings. The van der Waals surface area contributed by atoms with E-state index in [1.807, 2.05) is 6.92 Å². The number of aromatic carboxylic acids is 1. The van der Waals surface area contributed by atoms with Gasteiger partial charge in [0, 0.05) is 18.2 Å². The zero-order valence-electron chi connectivity index (χ0n) is 13.1. The van der Waals surface area contributed by atoms with E-state index < -0.39 is 5.97 Å². The smallest absolute Gasteiger partial charge is 0.335 e. The number of benzene rings is 1. The van der Waals surface area contributed by atoms with Crippen molar-refractivity contribution >= 4 is 17.6 Å². The molecule has 2 rings (SSSR count). The number of nitrogens with one attached hydrogen (secondary N) is 1. The van der Waals surface area contributed by atoms with Crippen LogP contribution in [-0.2, 0) is 16.1 Å². The fraction of sp³-hybridized carbons (Fsp3) is 0.529. The molecule has 1 amide bonds. The van der Waals surface area contributed by atoms with Crippen molar-refractivity contribution in [2.24, 2.45) is 5.41 Å². The minimum Gasteiger partial charge on any atom is -0.478 e. The summed E-state index contributed by atoms with van der Waals surface area (Å²) in [6.07, 6.45) is 4.76. The molecule has 0 unspecified atom stereocenters. The maximum atomic E-state index is 12.6. The molecular formula is C17H23NO4. The zero-order chi connectivity index (χ0) is 16.2. The van der Waals surface area contributed by atoms with Gasteiger partial charge in [-0.2, -0.15) is 0 Å². The highest BCUT2D eigenvalue weighted by atomic mass is 16.5. The molecule has 2 N–H and O–H groups in total. The van der Waals surface area contributed by atoms with Gasteiger partial charge in [0.2, 0.25) is 5.91 Å². The third-order valence-electron chi connectivity index (χ3n) is 4.53. The van der Waals surface area contributed by atoms with Crippen LogP contribution in [0.3, 0.4) is 0 Å². The highest BCUT2D eigenvalue weighted by molar-refractivity contribution is 5.97. The SMILES string of the molecule is CCC1(C(=O)Nc2cc(COC)cc(C(=O)O)c2)CCCC1. The van der Waals surface area contributed by atoms with E-state index in [0.717, 1.165) is 37.7 Å². The molecule has 0 radical (unpaired) electrons. The first-order valence-electron chi connectivity index (χ1n) is 7.68. The highest BCUT2D eigenvalue weighted by Gasteiger charge is 2.39. The fourth-order valence-electron chi connectivity index (χ4n) is 3.19. The Bertz CT molecular complexity index is 562. The standard InChI is InChI=1S/C17H23NO4/c1-3-17(6-4-5-7-17)16(21)18-14-9-12(11-22-2)8-13(10-14)15(19)20/h8-10H,3-7,11H2,1-2H3,(H,18,21)(H,19,20). The maximum Gasteiger partial charge on any atom is 0.335 e. The Labute approximate surface area is 130 Å². The summed E-state index contributed by atoms with van der Waals surface area (Å²) in [5, 5.41) is 12.1. The Morgan fingerprint density at radius 3 is 2.50 bits per heavy atom. The quantitative estimate of drug-likeness (QED) is 0.844. The molecule has 0 aromatic heterocycles. The van der Waals surface area contributed by atoms with Gasteiger partial charge in [0.05, 0.1) is 12.2 Å². The van der Waals surface area contributed by atoms with Crippen LogP contribution >= 0.6 is 0 Å². The van der Waals surface area contributed by atoms with Crippen molar-refractivity contribution in [1.82, 2.24) is 0 Å². The molecule has 1 saturated carbocycles. The van der Waals surface area contributed by atoms with E-state index in [4.69, 9.17) is 4.74 Å². The van der Waals surface area contributed by atoms with Crippen molar-refractivity contribution in [3.05, 3.63) is 29.3 Å². The average Bonchev–Trinajstić information content (AvgIpc) is 2.97. The van der Waals surface area contributed by atoms with Gasteiger partial charge >= 0.3 is 5.97 Å². The van der Waals surface area contributed by atoms with Crippen molar-refractivity contribution in [3.63, 3.8) is 0 Å². The third-order valence-corrected chi connectivity index (χ3v) is 4.53. The summed E-state index contributed by atoms with van der Waals surface area (Å²) < 4.78 is 5.06. The Morgan fingerprint density at radius 1 is 1.27 bits per heavy atom. The van der Waals surface area contributed by atoms with E-state index in [1.54, 1.807) is 19.2 Å². The first-order valence-corrected chi connectivity index (χ1v) is 7.68. The van der Waals surface area contributed by atoms with Crippen LogP contribution in [0.4, 0.5) is 5.69 Å². The summed E-state index contributed by atoms with van der Waals surface area (Å²) in [7, 11) is 1.55. The Kier molecular flexibility index (Phi) is 5.19. The molecule has 0 atom stereocenters. The third kappa shape index (κ3) is 3.47. The lowest BCUT2D eigenvalue weighted by Gasteiger charge is -2.26. The molecule has 1 aromatic carbocycles. The van der Waals surface area contributed by atoms with Crippen LogP contribution in [0.25, 0.3) is 0 Å². The predicted octanol–water partition coefficient (Wildman–Crippen LogP) is 3.44. The van der Waals surface area contributed by atoms with Crippen LogP contribution in [0.15, 0.2) is 18.2 Å². The number of carbonyl (C=O) groups is 2. The predicted molar refractivity (Wildman–Crippen MR) is 83.9 cm³/mol. The molecule has 0 saturated heterocycles. The number of methoxy groups -OCH3 is 1. The van der Waals surface area contributed by atoms with Crippen LogP contribution in [-0.4, -0.2) is 24.1 Å². The van der Waals surface area contributed by atoms with Crippen LogP contribution < -0.4 is 5.32 Å². The second kappa shape index (κ2) is 6.92. The highest BCUT2D eigenvalue weighted by Crippen LogP contribution is 2.41. The van der Waals surface area contributed by atoms with E-state index in [0.29, 0.717) is 12.3 Å². The number of anilines is 1. The number of rotatable bonds is 6. The van der Waals surface area contributed by atoms with Crippen LogP contribution in [0.5, 0.6) is 0 Å². The molecule has 22 heavy (non-hydrogen) atoms. The summed E-state index contributed by atoms with van der Waals surface area (Å²) in [6, 6.07) is 4.83. The zero-order valence-corrected chi connectivity index (χ0v) is 13.1. The number of hydrogen-bond donors (Lipinski definition) is 2. The number of carbonyl (C=O) groups excluding carboxylic acids is 1. The van der Waals surface area contributed by atoms with Gasteiger partial charge in [-0.1, -0.05) is 19.8 Å². The largest absolute Gasteiger partial charge is 0.478 e. The van der Waals surface area contributed by atoms with E-state index in [9.17, 15) is 14.7 Å². The molecule has 5 heteroatoms. The van der Waals surface area contributed by atoms with Gasteiger partial charge in [0.15, 0.2) is 0 Å². The van der Waals surface area contributed by atoms with Gasteiger partial charge in [-0.05, 0) is 43.0 Å². The summed E-state index contributed by atoms with van der Waals surface area (Å²) in [6.45, 7) is 2.35. The Morgan fingerprint density at radius 2 is 1.95 bits per heavy atom. The molecular weight excluding hydrogens is 282 g/mol. The summed E-state index contributed by atoms with van der Waals surface area (Å²) in [5.41, 5.74) is 1.11. The lowest BCUT2D eigenvalue weighted by Crippen LogP contribution is -2.33. The van der Waals surface area contributed by atoms with Crippen molar-refractivity contribution in [3.8, 4) is 0 Å². The van der Waals surface area contributed by atoms with Crippen LogP contribution in [0.2, 0.25) is 0 Å². The minimum atomic E-state index is -1.01. The van der Waals surface area contributed by atoms with Gasteiger partial charge in [-0.15, -0.1) is 0 Å². The molecule has 1 fully saturated rings. The van der Waals surface area contributed by atoms with Crippen molar-refractivity contribution < 1.29 is 19.4 Å². The lowest BCUT2D eigenvalue weighted by molar-refractivity contribution is -0.125. The number of hydrogen-bond acceptors (Lipinski definition) is 3. The number of carboxylic acids is 1. The molecule has 0 spiro atoms. The van der Waals surface area contributed by atoms with Gasteiger partial charge < -0.3 is 15.2 Å². The normalized spacial score (nSPS) is 16.5. The molecule has 0 heterocycles. The average molecular weight is 305 g/mol. The van der Waals surface area contributed by atoms with Crippen LogP contribution in [0, 0.1) is 5.41 Å². The van der Waals surface area contributed by atoms with E-state index >= 15 is 0 Å². The van der Waals surface area contributed by atoms with Crippen molar-refractivity contribution in [1.29, 1.82) is 0 Å². The second-order valence-electron chi connectivity index (χ2n) is 5.95. The van der Waals surface area contributed by atoms with Crippen LogP contribution in [0.1, 0.15) is 54.9 Å². The summed E-state index contributed by atoms with van der Waals surface area (Å²) >= 11 is 0. The second-order valence-corrected chi connectivity index (χ2v) is 5.95. The summed E-state index contributed by atoms with van der Waals surface area (Å²) in [5.74, 6) is -1.02. The maximum absolute atomic E-state index is 12.6. The van der Waals surface area contributed by atoms with Gasteiger partial charge in [-0.25, -0.2) is 4.79 Å². The van der Waals surface area contributed by atoms with Gasteiger partial charge in [-0.3, -0.25) is 4.79 Å². The number of carboxylic acid groups (broad SMARTS) is 1. The van der Waals surface area contributed by atoms with Crippen molar-refractivity contribution in [2.75, 3.05) is 12.4 Å². The molecule has 0 bridgehead atoms. The first-order chi connectivity index (χ1) is 10.5. The lowest BCUT2D eigenvalue weighted by atomic mass is 9.82. The molecule has 1 aromatic rings. The summed E-state index contributed by atoms with van der Waals surface area (Å²) in [4.78, 5) is 23.8. The topological polar surface area (TPSA) is 75.6 Å². The van der Waals surface area contributed by atoms with E-state index in [2.05, 4.69) is 5.32 Å². The molecule has 120 valence electrons. The minimum absolute atomic E-state index is 0.00148. The fourth-order valence-corrected chi connectivity index (χ4v) is 3.19. The van der Waals surface area contributed by atoms with E-state index in [1.165, 1.54) is 6.07 Å². The Balaban J connectivity index is 2.24. The molecule has 1 aliphatic carbocycles.